The van der Waals surface area contributed by atoms with Crippen LogP contribution in [0.4, 0.5) is 5.69 Å². The highest BCUT2D eigenvalue weighted by Crippen LogP contribution is 2.31. The number of carbonyl (C=O) groups excluding carboxylic acids is 1. The molecule has 31 heavy (non-hydrogen) atoms. The fourth-order valence-corrected chi connectivity index (χ4v) is 4.17. The SMILES string of the molecule is N=C(c1ccc(C(=O)Nc2ccc3c(c2)OCC(CC(=O)O)C3)cc1)N1CCCCC1. The van der Waals surface area contributed by atoms with E-state index in [0.29, 0.717) is 35.9 Å². The lowest BCUT2D eigenvalue weighted by Crippen LogP contribution is -2.35. The van der Waals surface area contributed by atoms with Crippen molar-refractivity contribution in [2.75, 3.05) is 25.0 Å². The number of ether oxygens (including phenoxy) is 1. The minimum Gasteiger partial charge on any atom is -0.493 e. The van der Waals surface area contributed by atoms with Crippen LogP contribution in [0.5, 0.6) is 5.75 Å². The van der Waals surface area contributed by atoms with Gasteiger partial charge in [0, 0.05) is 41.9 Å². The normalized spacial score (nSPS) is 17.9. The van der Waals surface area contributed by atoms with Gasteiger partial charge in [-0.2, -0.15) is 0 Å². The zero-order chi connectivity index (χ0) is 21.8. The van der Waals surface area contributed by atoms with Crippen LogP contribution in [0.15, 0.2) is 42.5 Å². The van der Waals surface area contributed by atoms with Gasteiger partial charge in [-0.05, 0) is 49.4 Å². The van der Waals surface area contributed by atoms with Crippen LogP contribution in [0.3, 0.4) is 0 Å². The minimum atomic E-state index is -0.821. The molecule has 1 unspecified atom stereocenters. The standard InChI is InChI=1S/C24H27N3O4/c25-23(27-10-2-1-3-11-27)17-4-6-18(7-5-17)24(30)26-20-9-8-19-12-16(13-22(28)29)15-31-21(19)14-20/h4-9,14,16,25H,1-3,10-13,15H2,(H,26,30)(H,28,29). The second kappa shape index (κ2) is 9.20. The number of carboxylic acids is 1. The average molecular weight is 421 g/mol. The third-order valence-corrected chi connectivity index (χ3v) is 5.86. The van der Waals surface area contributed by atoms with E-state index >= 15 is 0 Å². The summed E-state index contributed by atoms with van der Waals surface area (Å²) in [5, 5.41) is 20.2. The van der Waals surface area contributed by atoms with E-state index in [1.165, 1.54) is 6.42 Å². The van der Waals surface area contributed by atoms with Crippen molar-refractivity contribution in [1.82, 2.24) is 4.90 Å². The predicted octanol–water partition coefficient (Wildman–Crippen LogP) is 3.78. The van der Waals surface area contributed by atoms with Crippen molar-refractivity contribution in [1.29, 1.82) is 5.41 Å². The number of rotatable bonds is 5. The number of carboxylic acid groups (broad SMARTS) is 1. The molecule has 3 N–H and O–H groups in total. The van der Waals surface area contributed by atoms with Gasteiger partial charge in [-0.25, -0.2) is 0 Å². The van der Waals surface area contributed by atoms with E-state index in [1.807, 2.05) is 24.3 Å². The zero-order valence-corrected chi connectivity index (χ0v) is 17.4. The number of hydrogen-bond acceptors (Lipinski definition) is 4. The van der Waals surface area contributed by atoms with E-state index in [1.54, 1.807) is 18.2 Å². The maximum absolute atomic E-state index is 12.7. The Kier molecular flexibility index (Phi) is 6.21. The van der Waals surface area contributed by atoms with Crippen molar-refractivity contribution in [2.45, 2.75) is 32.1 Å². The lowest BCUT2D eigenvalue weighted by atomic mass is 9.94. The van der Waals surface area contributed by atoms with Gasteiger partial charge in [-0.1, -0.05) is 18.2 Å². The first-order chi connectivity index (χ1) is 15.0. The number of amidine groups is 1. The maximum Gasteiger partial charge on any atom is 0.303 e. The van der Waals surface area contributed by atoms with E-state index < -0.39 is 5.97 Å². The first-order valence-electron chi connectivity index (χ1n) is 10.7. The molecular formula is C24H27N3O4. The molecule has 1 atom stereocenters. The Morgan fingerprint density at radius 2 is 1.77 bits per heavy atom. The number of benzene rings is 2. The molecule has 2 aliphatic rings. The summed E-state index contributed by atoms with van der Waals surface area (Å²) in [6, 6.07) is 12.6. The highest BCUT2D eigenvalue weighted by Gasteiger charge is 2.22. The summed E-state index contributed by atoms with van der Waals surface area (Å²) in [4.78, 5) is 25.7. The molecule has 0 aliphatic carbocycles. The van der Waals surface area contributed by atoms with Crippen LogP contribution in [0.25, 0.3) is 0 Å². The van der Waals surface area contributed by atoms with Gasteiger partial charge in [-0.3, -0.25) is 15.0 Å². The lowest BCUT2D eigenvalue weighted by molar-refractivity contribution is -0.138. The van der Waals surface area contributed by atoms with Crippen LogP contribution in [0, 0.1) is 11.3 Å². The second-order valence-electron chi connectivity index (χ2n) is 8.23. The third-order valence-electron chi connectivity index (χ3n) is 5.86. The van der Waals surface area contributed by atoms with E-state index in [9.17, 15) is 9.59 Å². The maximum atomic E-state index is 12.7. The average Bonchev–Trinajstić information content (AvgIpc) is 2.79. The summed E-state index contributed by atoms with van der Waals surface area (Å²) in [6.45, 7) is 2.19. The summed E-state index contributed by atoms with van der Waals surface area (Å²) >= 11 is 0. The molecule has 0 bridgehead atoms. The number of nitrogens with one attached hydrogen (secondary N) is 2. The Hall–Kier alpha value is -3.35. The van der Waals surface area contributed by atoms with Crippen molar-refractivity contribution >= 4 is 23.4 Å². The van der Waals surface area contributed by atoms with Crippen molar-refractivity contribution in [2.24, 2.45) is 5.92 Å². The molecule has 2 aliphatic heterocycles. The molecule has 162 valence electrons. The van der Waals surface area contributed by atoms with Crippen molar-refractivity contribution in [3.8, 4) is 5.75 Å². The van der Waals surface area contributed by atoms with Gasteiger partial charge < -0.3 is 20.1 Å². The van der Waals surface area contributed by atoms with E-state index in [-0.39, 0.29) is 18.2 Å². The fourth-order valence-electron chi connectivity index (χ4n) is 4.17. The number of nitrogens with zero attached hydrogens (tertiary/aromatic N) is 1. The van der Waals surface area contributed by atoms with E-state index in [2.05, 4.69) is 10.2 Å². The number of likely N-dealkylation sites (tertiary alicyclic amines) is 1. The van der Waals surface area contributed by atoms with Crippen LogP contribution >= 0.6 is 0 Å². The lowest BCUT2D eigenvalue weighted by Gasteiger charge is -2.29. The van der Waals surface area contributed by atoms with Gasteiger partial charge in [0.1, 0.15) is 11.6 Å². The molecule has 1 saturated heterocycles. The zero-order valence-electron chi connectivity index (χ0n) is 17.4. The van der Waals surface area contributed by atoms with Crippen molar-refractivity contribution in [3.63, 3.8) is 0 Å². The van der Waals surface area contributed by atoms with Gasteiger partial charge in [0.15, 0.2) is 0 Å². The Bertz CT molecular complexity index is 981. The summed E-state index contributed by atoms with van der Waals surface area (Å²) in [5.74, 6) is 0.116. The van der Waals surface area contributed by atoms with Gasteiger partial charge in [0.25, 0.3) is 5.91 Å². The Balaban J connectivity index is 1.38. The number of hydrogen-bond donors (Lipinski definition) is 3. The van der Waals surface area contributed by atoms with Crippen LogP contribution in [-0.2, 0) is 11.2 Å². The molecule has 7 heteroatoms. The number of carbonyl (C=O) groups is 2. The summed E-state index contributed by atoms with van der Waals surface area (Å²) in [6.07, 6.45) is 4.20. The Labute approximate surface area is 181 Å². The smallest absolute Gasteiger partial charge is 0.303 e. The van der Waals surface area contributed by atoms with Crippen LogP contribution < -0.4 is 10.1 Å². The topological polar surface area (TPSA) is 103 Å². The van der Waals surface area contributed by atoms with Gasteiger partial charge >= 0.3 is 5.97 Å². The second-order valence-corrected chi connectivity index (χ2v) is 8.23. The van der Waals surface area contributed by atoms with Crippen LogP contribution in [0.2, 0.25) is 0 Å². The van der Waals surface area contributed by atoms with E-state index in [0.717, 1.165) is 37.1 Å². The highest BCUT2D eigenvalue weighted by atomic mass is 16.5. The molecule has 0 spiro atoms. The van der Waals surface area contributed by atoms with Crippen molar-refractivity contribution in [3.05, 3.63) is 59.2 Å². The third kappa shape index (κ3) is 5.05. The molecule has 0 aromatic heterocycles. The molecule has 0 radical (unpaired) electrons. The fraction of sp³-hybridized carbons (Fsp3) is 0.375. The number of anilines is 1. The first-order valence-corrected chi connectivity index (χ1v) is 10.7. The number of piperidine rings is 1. The number of fused-ring (bicyclic) bond motifs is 1. The molecule has 7 nitrogen and oxygen atoms in total. The van der Waals surface area contributed by atoms with Gasteiger partial charge in [0.05, 0.1) is 13.0 Å². The first kappa shape index (κ1) is 20.9. The molecule has 0 saturated carbocycles. The Morgan fingerprint density at radius 1 is 1.06 bits per heavy atom. The monoisotopic (exact) mass is 421 g/mol. The number of amides is 1. The largest absolute Gasteiger partial charge is 0.493 e. The minimum absolute atomic E-state index is 0.0346. The molecule has 2 aromatic carbocycles. The Morgan fingerprint density at radius 3 is 2.48 bits per heavy atom. The molecule has 2 aromatic rings. The van der Waals surface area contributed by atoms with E-state index in [4.69, 9.17) is 15.3 Å². The molecule has 4 rings (SSSR count). The molecule has 1 amide bonds. The van der Waals surface area contributed by atoms with Crippen LogP contribution in [-0.4, -0.2) is 47.4 Å². The van der Waals surface area contributed by atoms with Gasteiger partial charge in [-0.15, -0.1) is 0 Å². The summed E-state index contributed by atoms with van der Waals surface area (Å²) in [5.41, 5.74) is 2.92. The summed E-state index contributed by atoms with van der Waals surface area (Å²) in [7, 11) is 0. The molecular weight excluding hydrogens is 394 g/mol. The van der Waals surface area contributed by atoms with Crippen LogP contribution in [0.1, 0.15) is 47.2 Å². The predicted molar refractivity (Wildman–Crippen MR) is 118 cm³/mol. The summed E-state index contributed by atoms with van der Waals surface area (Å²) < 4.78 is 5.72. The quantitative estimate of drug-likeness (QED) is 0.504. The molecule has 2 heterocycles. The number of aliphatic carboxylic acids is 1. The highest BCUT2D eigenvalue weighted by molar-refractivity contribution is 6.05. The molecule has 1 fully saturated rings. The van der Waals surface area contributed by atoms with Crippen molar-refractivity contribution < 1.29 is 19.4 Å². The van der Waals surface area contributed by atoms with Gasteiger partial charge in [0.2, 0.25) is 0 Å².